The maximum Gasteiger partial charge on any atom is 0.119 e. The second-order valence-corrected chi connectivity index (χ2v) is 8.34. The minimum Gasteiger partial charge on any atom is -0.497 e. The predicted molar refractivity (Wildman–Crippen MR) is 99.1 cm³/mol. The van der Waals surface area contributed by atoms with E-state index in [0.717, 1.165) is 51.6 Å². The average molecular weight is 354 g/mol. The molecule has 0 amide bonds. The second kappa shape index (κ2) is 5.73. The van der Waals surface area contributed by atoms with Gasteiger partial charge in [-0.15, -0.1) is 6.58 Å². The zero-order valence-corrected chi connectivity index (χ0v) is 15.1. The topological polar surface area (TPSA) is 45.6 Å². The molecule has 5 heteroatoms. The SMILES string of the molecule is C=C[C@H]1CN2CCC1C[C@H]2[C@H](O)c1c2c(nc3ccc(OC)cc13)S2. The smallest absolute Gasteiger partial charge is 0.119 e. The number of hydrogen-bond donors (Lipinski definition) is 1. The Labute approximate surface area is 151 Å². The number of aliphatic hydroxyl groups excluding tert-OH is 1. The van der Waals surface area contributed by atoms with Gasteiger partial charge < -0.3 is 9.84 Å². The molecule has 4 aliphatic rings. The summed E-state index contributed by atoms with van der Waals surface area (Å²) in [6.07, 6.45) is 3.89. The highest BCUT2D eigenvalue weighted by atomic mass is 32.2. The maximum atomic E-state index is 11.4. The van der Waals surface area contributed by atoms with Gasteiger partial charge in [0.15, 0.2) is 0 Å². The van der Waals surface area contributed by atoms with E-state index >= 15 is 0 Å². The van der Waals surface area contributed by atoms with Crippen LogP contribution in [0.2, 0.25) is 0 Å². The number of hydrogen-bond acceptors (Lipinski definition) is 5. The molecule has 2 aromatic rings. The number of nitrogens with zero attached hydrogens (tertiary/aromatic N) is 2. The molecule has 5 atom stereocenters. The summed E-state index contributed by atoms with van der Waals surface area (Å²) in [4.78, 5) is 8.30. The molecule has 25 heavy (non-hydrogen) atoms. The van der Waals surface area contributed by atoms with Crippen LogP contribution in [0.3, 0.4) is 0 Å². The van der Waals surface area contributed by atoms with Crippen molar-refractivity contribution in [3.05, 3.63) is 36.4 Å². The third-order valence-electron chi connectivity index (χ3n) is 6.13. The van der Waals surface area contributed by atoms with E-state index in [4.69, 9.17) is 4.74 Å². The minimum absolute atomic E-state index is 0.192. The van der Waals surface area contributed by atoms with Gasteiger partial charge in [0.25, 0.3) is 0 Å². The first kappa shape index (κ1) is 15.7. The van der Waals surface area contributed by atoms with Crippen molar-refractivity contribution in [3.63, 3.8) is 0 Å². The molecule has 3 fully saturated rings. The summed E-state index contributed by atoms with van der Waals surface area (Å²) in [5.74, 6) is 2.03. The second-order valence-electron chi connectivity index (χ2n) is 7.34. The Bertz CT molecular complexity index is 868. The van der Waals surface area contributed by atoms with Crippen molar-refractivity contribution in [2.75, 3.05) is 20.2 Å². The van der Waals surface area contributed by atoms with Gasteiger partial charge in [-0.25, -0.2) is 4.98 Å². The van der Waals surface area contributed by atoms with Crippen LogP contribution < -0.4 is 4.74 Å². The van der Waals surface area contributed by atoms with Gasteiger partial charge in [0, 0.05) is 23.5 Å². The zero-order chi connectivity index (χ0) is 17.1. The van der Waals surface area contributed by atoms with Crippen LogP contribution >= 0.6 is 11.8 Å². The summed E-state index contributed by atoms with van der Waals surface area (Å²) in [6.45, 7) is 6.11. The first-order valence-electron chi connectivity index (χ1n) is 8.93. The van der Waals surface area contributed by atoms with Crippen LogP contribution in [0.5, 0.6) is 5.75 Å². The molecular weight excluding hydrogens is 332 g/mol. The molecule has 4 aliphatic heterocycles. The molecule has 0 aliphatic carbocycles. The van der Waals surface area contributed by atoms with Crippen molar-refractivity contribution >= 4 is 22.7 Å². The lowest BCUT2D eigenvalue weighted by Gasteiger charge is -2.50. The molecule has 1 aromatic heterocycles. The van der Waals surface area contributed by atoms with Crippen LogP contribution in [0.15, 0.2) is 40.8 Å². The lowest BCUT2D eigenvalue weighted by Crippen LogP contribution is -2.54. The average Bonchev–Trinajstić information content (AvgIpc) is 3.44. The third-order valence-corrected chi connectivity index (χ3v) is 7.03. The highest BCUT2D eigenvalue weighted by Gasteiger charge is 2.44. The summed E-state index contributed by atoms with van der Waals surface area (Å²) in [5, 5.41) is 13.4. The molecule has 3 saturated heterocycles. The Kier molecular flexibility index (Phi) is 3.59. The summed E-state index contributed by atoms with van der Waals surface area (Å²) < 4.78 is 5.40. The van der Waals surface area contributed by atoms with Gasteiger partial charge in [-0.05, 0) is 49.4 Å². The number of methoxy groups -OCH3 is 1. The highest BCUT2D eigenvalue weighted by Crippen LogP contribution is 2.55. The third kappa shape index (κ3) is 2.40. The zero-order valence-electron chi connectivity index (χ0n) is 14.3. The largest absolute Gasteiger partial charge is 0.497 e. The Morgan fingerprint density at radius 3 is 3.08 bits per heavy atom. The normalized spacial score (nSPS) is 30.8. The fraction of sp³-hybridized carbons (Fsp3) is 0.450. The minimum atomic E-state index is -0.477. The van der Waals surface area contributed by atoms with Crippen molar-refractivity contribution in [1.29, 1.82) is 0 Å². The van der Waals surface area contributed by atoms with Gasteiger partial charge in [0.1, 0.15) is 10.8 Å². The van der Waals surface area contributed by atoms with Crippen LogP contribution in [-0.4, -0.2) is 41.2 Å². The van der Waals surface area contributed by atoms with E-state index in [-0.39, 0.29) is 6.04 Å². The van der Waals surface area contributed by atoms with Crippen molar-refractivity contribution in [2.24, 2.45) is 11.8 Å². The fourth-order valence-electron chi connectivity index (χ4n) is 4.69. The van der Waals surface area contributed by atoms with Crippen LogP contribution in [0.1, 0.15) is 24.5 Å². The van der Waals surface area contributed by atoms with Gasteiger partial charge >= 0.3 is 0 Å². The molecule has 0 spiro atoms. The molecule has 1 N–H and O–H groups in total. The Morgan fingerprint density at radius 2 is 2.36 bits per heavy atom. The van der Waals surface area contributed by atoms with E-state index in [1.54, 1.807) is 18.9 Å². The molecule has 5 heterocycles. The first-order chi connectivity index (χ1) is 12.2. The van der Waals surface area contributed by atoms with Crippen molar-refractivity contribution in [3.8, 4) is 5.75 Å². The number of pyridine rings is 1. The van der Waals surface area contributed by atoms with Gasteiger partial charge in [-0.1, -0.05) is 17.8 Å². The molecular formula is C20H22N2O2S. The predicted octanol–water partition coefficient (Wildman–Crippen LogP) is 3.64. The van der Waals surface area contributed by atoms with Gasteiger partial charge in [-0.3, -0.25) is 4.90 Å². The van der Waals surface area contributed by atoms with Gasteiger partial charge in [0.05, 0.1) is 23.6 Å². The van der Waals surface area contributed by atoms with Crippen LogP contribution in [0, 0.1) is 11.8 Å². The van der Waals surface area contributed by atoms with E-state index in [0.29, 0.717) is 11.8 Å². The summed E-state index contributed by atoms with van der Waals surface area (Å²) in [7, 11) is 1.68. The number of rotatable bonds is 4. The fourth-order valence-corrected chi connectivity index (χ4v) is 5.48. The van der Waals surface area contributed by atoms with E-state index < -0.39 is 6.10 Å². The first-order valence-corrected chi connectivity index (χ1v) is 9.75. The van der Waals surface area contributed by atoms with E-state index in [2.05, 4.69) is 22.5 Å². The van der Waals surface area contributed by atoms with E-state index in [1.165, 1.54) is 6.42 Å². The Morgan fingerprint density at radius 1 is 1.48 bits per heavy atom. The number of aromatic nitrogens is 1. The summed E-state index contributed by atoms with van der Waals surface area (Å²) in [6, 6.07) is 6.14. The van der Waals surface area contributed by atoms with Crippen LogP contribution in [-0.2, 0) is 0 Å². The summed E-state index contributed by atoms with van der Waals surface area (Å²) in [5.41, 5.74) is 2.00. The van der Waals surface area contributed by atoms with Crippen molar-refractivity contribution in [2.45, 2.75) is 34.9 Å². The molecule has 2 bridgehead atoms. The highest BCUT2D eigenvalue weighted by molar-refractivity contribution is 8.04. The lowest BCUT2D eigenvalue weighted by atomic mass is 9.73. The van der Waals surface area contributed by atoms with E-state index in [1.807, 2.05) is 18.2 Å². The number of fused-ring (bicyclic) bond motifs is 5. The van der Waals surface area contributed by atoms with Crippen molar-refractivity contribution < 1.29 is 9.84 Å². The molecule has 1 aromatic carbocycles. The van der Waals surface area contributed by atoms with Gasteiger partial charge in [0.2, 0.25) is 0 Å². The van der Waals surface area contributed by atoms with Crippen LogP contribution in [0.4, 0.5) is 0 Å². The van der Waals surface area contributed by atoms with Crippen LogP contribution in [0.25, 0.3) is 10.9 Å². The van der Waals surface area contributed by atoms with E-state index in [9.17, 15) is 5.11 Å². The number of benzene rings is 1. The monoisotopic (exact) mass is 354 g/mol. The summed E-state index contributed by atoms with van der Waals surface area (Å²) >= 11 is 1.69. The molecule has 0 saturated carbocycles. The molecule has 6 rings (SSSR count). The molecule has 0 radical (unpaired) electrons. The molecule has 130 valence electrons. The van der Waals surface area contributed by atoms with Gasteiger partial charge in [-0.2, -0.15) is 0 Å². The number of aliphatic hydroxyl groups is 1. The Hall–Kier alpha value is -1.56. The lowest BCUT2D eigenvalue weighted by molar-refractivity contribution is -0.0452. The number of piperidine rings is 3. The number of ether oxygens (including phenoxy) is 1. The maximum absolute atomic E-state index is 11.4. The standard InChI is InChI=1S/C20H22N2O2S/c1-3-11-10-22-7-6-12(11)8-16(22)18(23)17-14-9-13(24-2)4-5-15(14)21-20-19(17)25-20/h3-5,9,11-12,16,18,23H,1,6-8,10H2,2H3/t11-,12?,16-,18-/m0/s1. The van der Waals surface area contributed by atoms with Crippen molar-refractivity contribution in [1.82, 2.24) is 9.88 Å². The molecule has 4 nitrogen and oxygen atoms in total. The molecule has 2 unspecified atom stereocenters. The Balaban J connectivity index is 1.56. The quantitative estimate of drug-likeness (QED) is 0.572.